The van der Waals surface area contributed by atoms with Crippen molar-refractivity contribution >= 4 is 44.6 Å². The van der Waals surface area contributed by atoms with E-state index in [-0.39, 0.29) is 0 Å². The summed E-state index contributed by atoms with van der Waals surface area (Å²) in [4.78, 5) is 0. The number of benzene rings is 1. The molecule has 0 saturated heterocycles. The van der Waals surface area contributed by atoms with Crippen molar-refractivity contribution in [3.63, 3.8) is 0 Å². The van der Waals surface area contributed by atoms with Crippen LogP contribution in [0.5, 0.6) is 0 Å². The second-order valence-electron chi connectivity index (χ2n) is 3.90. The summed E-state index contributed by atoms with van der Waals surface area (Å²) < 4.78 is 11.6. The molecule has 0 aliphatic carbocycles. The van der Waals surface area contributed by atoms with Gasteiger partial charge >= 0.3 is 0 Å². The van der Waals surface area contributed by atoms with E-state index < -0.39 is 15.7 Å². The molecule has 5 heteroatoms. The second-order valence-corrected chi connectivity index (χ2v) is 6.84. The average molecular weight is 323 g/mol. The van der Waals surface area contributed by atoms with E-state index in [9.17, 15) is 4.21 Å². The van der Waals surface area contributed by atoms with Crippen molar-refractivity contribution in [2.45, 2.75) is 18.6 Å². The smallest absolute Gasteiger partial charge is 0.0984 e. The minimum absolute atomic E-state index is 0.554. The van der Waals surface area contributed by atoms with E-state index in [0.717, 1.165) is 10.0 Å². The summed E-state index contributed by atoms with van der Waals surface area (Å²) in [5.74, 6) is 0. The first-order valence-electron chi connectivity index (χ1n) is 4.63. The van der Waals surface area contributed by atoms with Gasteiger partial charge in [-0.25, -0.2) is 4.21 Å². The first-order chi connectivity index (χ1) is 7.33. The second kappa shape index (κ2) is 5.45. The van der Waals surface area contributed by atoms with E-state index in [2.05, 4.69) is 15.9 Å². The third-order valence-electron chi connectivity index (χ3n) is 2.14. The van der Waals surface area contributed by atoms with Crippen LogP contribution in [0, 0.1) is 0 Å². The number of hydrogen-bond donors (Lipinski definition) is 1. The summed E-state index contributed by atoms with van der Waals surface area (Å²) in [6.45, 7) is 3.64. The first-order valence-corrected chi connectivity index (χ1v) is 7.02. The van der Waals surface area contributed by atoms with E-state index in [1.54, 1.807) is 6.07 Å². The Bertz CT molecular complexity index is 446. The molecule has 0 aromatic heterocycles. The molecular weight excluding hydrogens is 310 g/mol. The van der Waals surface area contributed by atoms with Crippen LogP contribution in [0.2, 0.25) is 5.02 Å². The van der Waals surface area contributed by atoms with Crippen molar-refractivity contribution in [1.29, 1.82) is 0 Å². The van der Waals surface area contributed by atoms with E-state index in [1.807, 2.05) is 38.1 Å². The molecule has 2 nitrogen and oxygen atoms in total. The molecule has 1 unspecified atom stereocenters. The highest BCUT2D eigenvalue weighted by Gasteiger charge is 2.19. The Kier molecular flexibility index (Phi) is 4.73. The van der Waals surface area contributed by atoms with Gasteiger partial charge in [-0.15, -0.1) is 0 Å². The Balaban J connectivity index is 3.00. The van der Waals surface area contributed by atoms with Crippen LogP contribution in [0.4, 0.5) is 0 Å². The van der Waals surface area contributed by atoms with Crippen LogP contribution in [0.1, 0.15) is 19.4 Å². The molecule has 1 aromatic rings. The van der Waals surface area contributed by atoms with Crippen LogP contribution in [0.25, 0.3) is 6.08 Å². The van der Waals surface area contributed by atoms with Gasteiger partial charge in [0.15, 0.2) is 0 Å². The van der Waals surface area contributed by atoms with Gasteiger partial charge in [0.2, 0.25) is 0 Å². The number of rotatable bonds is 3. The fraction of sp³-hybridized carbons (Fsp3) is 0.273. The highest BCUT2D eigenvalue weighted by atomic mass is 79.9. The van der Waals surface area contributed by atoms with Gasteiger partial charge < -0.3 is 0 Å². The normalized spacial score (nSPS) is 14.3. The Morgan fingerprint density at radius 2 is 2.12 bits per heavy atom. The molecule has 1 rings (SSSR count). The Morgan fingerprint density at radius 3 is 2.69 bits per heavy atom. The van der Waals surface area contributed by atoms with Crippen molar-refractivity contribution in [3.8, 4) is 0 Å². The molecule has 0 amide bonds. The van der Waals surface area contributed by atoms with Gasteiger partial charge in [0.05, 0.1) is 15.7 Å². The van der Waals surface area contributed by atoms with Crippen LogP contribution < -0.4 is 5.14 Å². The summed E-state index contributed by atoms with van der Waals surface area (Å²) >= 11 is 9.31. The van der Waals surface area contributed by atoms with E-state index in [1.165, 1.54) is 0 Å². The number of hydrogen-bond acceptors (Lipinski definition) is 1. The lowest BCUT2D eigenvalue weighted by Gasteiger charge is -2.15. The van der Waals surface area contributed by atoms with Crippen molar-refractivity contribution in [2.24, 2.45) is 5.14 Å². The quantitative estimate of drug-likeness (QED) is 0.909. The maximum Gasteiger partial charge on any atom is 0.0984 e. The zero-order valence-corrected chi connectivity index (χ0v) is 12.2. The maximum absolute atomic E-state index is 11.2. The topological polar surface area (TPSA) is 43.1 Å². The van der Waals surface area contributed by atoms with Gasteiger partial charge in [-0.05, 0) is 37.6 Å². The molecule has 0 spiro atoms. The van der Waals surface area contributed by atoms with Crippen LogP contribution in [0.15, 0.2) is 28.7 Å². The molecule has 1 aromatic carbocycles. The molecule has 2 N–H and O–H groups in total. The summed E-state index contributed by atoms with van der Waals surface area (Å²) in [6.07, 6.45) is 3.68. The Labute approximate surface area is 112 Å². The van der Waals surface area contributed by atoms with Gasteiger partial charge in [-0.1, -0.05) is 39.7 Å². The van der Waals surface area contributed by atoms with Crippen LogP contribution >= 0.6 is 27.5 Å². The number of nitrogens with two attached hydrogens (primary N) is 1. The van der Waals surface area contributed by atoms with Gasteiger partial charge in [0, 0.05) is 9.50 Å². The Hall–Kier alpha value is -0.160. The molecule has 0 bridgehead atoms. The SMILES string of the molecule is CC(C)(C=Cc1cc(Cl)ccc1Br)S(N)=O. The highest BCUT2D eigenvalue weighted by molar-refractivity contribution is 9.10. The minimum atomic E-state index is -1.40. The molecule has 0 saturated carbocycles. The van der Waals surface area contributed by atoms with Gasteiger partial charge in [-0.3, -0.25) is 5.14 Å². The molecule has 88 valence electrons. The molecule has 0 aliphatic heterocycles. The molecule has 16 heavy (non-hydrogen) atoms. The third kappa shape index (κ3) is 3.70. The van der Waals surface area contributed by atoms with Crippen molar-refractivity contribution in [2.75, 3.05) is 0 Å². The monoisotopic (exact) mass is 321 g/mol. The van der Waals surface area contributed by atoms with E-state index >= 15 is 0 Å². The fourth-order valence-electron chi connectivity index (χ4n) is 1.000. The largest absolute Gasteiger partial charge is 0.251 e. The van der Waals surface area contributed by atoms with Gasteiger partial charge in [-0.2, -0.15) is 0 Å². The van der Waals surface area contributed by atoms with Crippen molar-refractivity contribution in [3.05, 3.63) is 39.3 Å². The lowest BCUT2D eigenvalue weighted by atomic mass is 10.1. The average Bonchev–Trinajstić information content (AvgIpc) is 2.19. The summed E-state index contributed by atoms with van der Waals surface area (Å²) in [5.41, 5.74) is 0.936. The predicted octanol–water partition coefficient (Wildman–Crippen LogP) is 3.52. The molecule has 0 radical (unpaired) electrons. The van der Waals surface area contributed by atoms with Crippen LogP contribution in [0.3, 0.4) is 0 Å². The zero-order valence-electron chi connectivity index (χ0n) is 9.04. The summed E-state index contributed by atoms with van der Waals surface area (Å²) in [5, 5.41) is 6.05. The standard InChI is InChI=1S/C11H13BrClNOS/c1-11(2,16(14)15)6-5-8-7-9(13)3-4-10(8)12/h3-7H,14H2,1-2H3. The lowest BCUT2D eigenvalue weighted by molar-refractivity contribution is 0.665. The lowest BCUT2D eigenvalue weighted by Crippen LogP contribution is -2.29. The summed E-state index contributed by atoms with van der Waals surface area (Å²) in [7, 11) is -1.40. The predicted molar refractivity (Wildman–Crippen MR) is 74.6 cm³/mol. The number of halogens is 2. The molecule has 0 heterocycles. The van der Waals surface area contributed by atoms with Crippen LogP contribution in [-0.2, 0) is 11.0 Å². The van der Waals surface area contributed by atoms with E-state index in [0.29, 0.717) is 5.02 Å². The van der Waals surface area contributed by atoms with Crippen molar-refractivity contribution in [1.82, 2.24) is 0 Å². The van der Waals surface area contributed by atoms with Gasteiger partial charge in [0.1, 0.15) is 0 Å². The molecule has 0 fully saturated rings. The Morgan fingerprint density at radius 1 is 1.50 bits per heavy atom. The van der Waals surface area contributed by atoms with Crippen molar-refractivity contribution < 1.29 is 4.21 Å². The molecule has 0 aliphatic rings. The zero-order chi connectivity index (χ0) is 12.3. The van der Waals surface area contributed by atoms with Crippen LogP contribution in [-0.4, -0.2) is 8.96 Å². The molecule has 1 atom stereocenters. The third-order valence-corrected chi connectivity index (χ3v) is 4.27. The van der Waals surface area contributed by atoms with Gasteiger partial charge in [0.25, 0.3) is 0 Å². The molecular formula is C11H13BrClNOS. The fourth-order valence-corrected chi connectivity index (χ4v) is 1.76. The van der Waals surface area contributed by atoms with E-state index in [4.69, 9.17) is 16.7 Å². The highest BCUT2D eigenvalue weighted by Crippen LogP contribution is 2.24. The first kappa shape index (κ1) is 13.9. The summed E-state index contributed by atoms with van der Waals surface area (Å²) in [6, 6.07) is 5.50. The minimum Gasteiger partial charge on any atom is -0.251 e. The maximum atomic E-state index is 11.2.